The van der Waals surface area contributed by atoms with E-state index >= 15 is 0 Å². The Morgan fingerprint density at radius 3 is 0.923 bits per heavy atom. The molecular weight excluding hydrogens is 216 g/mol. The van der Waals surface area contributed by atoms with Crippen LogP contribution in [-0.2, 0) is 26.7 Å². The molecule has 13 heavy (non-hydrogen) atoms. The Hall–Kier alpha value is -1.18. The Balaban J connectivity index is 0.000000206. The fraction of sp³-hybridized carbons (Fsp3) is 0. The van der Waals surface area contributed by atoms with E-state index in [4.69, 9.17) is 0 Å². The second-order valence-corrected chi connectivity index (χ2v) is 2.24. The number of carbonyl (C=O) groups is 2. The van der Waals surface area contributed by atoms with Gasteiger partial charge in [0.25, 0.3) is 0 Å². The molecule has 0 fully saturated rings. The summed E-state index contributed by atoms with van der Waals surface area (Å²) >= 11 is 0. The molecule has 0 aliphatic heterocycles. The average Bonchev–Trinajstić information content (AvgIpc) is 2.63. The number of hydrogen-bond acceptors (Lipinski definition) is 2. The number of rotatable bonds is 0. The third kappa shape index (κ3) is 5.12. The summed E-state index contributed by atoms with van der Waals surface area (Å²) in [5, 5.41) is 0. The van der Waals surface area contributed by atoms with Crippen LogP contribution in [0.25, 0.3) is 0 Å². The minimum Gasteiger partial charge on any atom is -0.290 e. The van der Waals surface area contributed by atoms with Crippen LogP contribution in [0, 0.1) is 0 Å². The first-order valence-electron chi connectivity index (χ1n) is 3.56. The molecule has 69 valence electrons. The molecule has 0 saturated heterocycles. The summed E-state index contributed by atoms with van der Waals surface area (Å²) in [6.07, 6.45) is 13.0. The van der Waals surface area contributed by atoms with Crippen molar-refractivity contribution in [2.45, 2.75) is 0 Å². The van der Waals surface area contributed by atoms with Crippen molar-refractivity contribution in [3.8, 4) is 0 Å². The molecule has 0 bridgehead atoms. The van der Waals surface area contributed by atoms with Crippen LogP contribution < -0.4 is 0 Å². The summed E-state index contributed by atoms with van der Waals surface area (Å²) in [4.78, 5) is 20.1. The fourth-order valence-corrected chi connectivity index (χ4v) is 0.713. The molecule has 1 radical (unpaired) electrons. The molecule has 3 heteroatoms. The van der Waals surface area contributed by atoms with E-state index in [2.05, 4.69) is 0 Å². The zero-order chi connectivity index (χ0) is 8.81. The van der Waals surface area contributed by atoms with E-state index in [1.54, 1.807) is 24.3 Å². The third-order valence-corrected chi connectivity index (χ3v) is 1.26. The number of carbonyl (C=O) groups excluding carboxylic acids is 2. The van der Waals surface area contributed by atoms with Gasteiger partial charge in [0.15, 0.2) is 11.6 Å². The quantitative estimate of drug-likeness (QED) is 0.582. The second-order valence-electron chi connectivity index (χ2n) is 2.24. The van der Waals surface area contributed by atoms with Crippen LogP contribution in [0.1, 0.15) is 0 Å². The maximum absolute atomic E-state index is 10.1. The van der Waals surface area contributed by atoms with Gasteiger partial charge in [0.2, 0.25) is 0 Å². The molecule has 0 aromatic carbocycles. The van der Waals surface area contributed by atoms with Crippen molar-refractivity contribution in [3.05, 3.63) is 48.6 Å². The van der Waals surface area contributed by atoms with E-state index in [1.807, 2.05) is 0 Å². The topological polar surface area (TPSA) is 34.1 Å². The van der Waals surface area contributed by atoms with Gasteiger partial charge in [-0.2, -0.15) is 0 Å². The van der Waals surface area contributed by atoms with Crippen molar-refractivity contribution < 1.29 is 26.7 Å². The van der Waals surface area contributed by atoms with Crippen LogP contribution in [0.5, 0.6) is 0 Å². The molecule has 0 aromatic rings. The Kier molecular flexibility index (Phi) is 5.77. The summed E-state index contributed by atoms with van der Waals surface area (Å²) < 4.78 is 0. The van der Waals surface area contributed by atoms with Gasteiger partial charge in [-0.25, -0.2) is 0 Å². The molecule has 0 saturated carbocycles. The number of hydrogen-bond donors (Lipinski definition) is 0. The van der Waals surface area contributed by atoms with E-state index in [1.165, 1.54) is 24.3 Å². The van der Waals surface area contributed by atoms with Crippen molar-refractivity contribution in [1.29, 1.82) is 0 Å². The van der Waals surface area contributed by atoms with Gasteiger partial charge in [-0.05, 0) is 24.3 Å². The smallest absolute Gasteiger partial charge is 0.290 e. The summed E-state index contributed by atoms with van der Waals surface area (Å²) in [6, 6.07) is 0. The molecule has 0 atom stereocenters. The molecular formula is C10H8CuO2+2. The van der Waals surface area contributed by atoms with Gasteiger partial charge in [0.1, 0.15) is 0 Å². The van der Waals surface area contributed by atoms with E-state index in [-0.39, 0.29) is 28.6 Å². The summed E-state index contributed by atoms with van der Waals surface area (Å²) in [7, 11) is 0. The second kappa shape index (κ2) is 6.35. The minimum atomic E-state index is 0. The molecule has 0 heterocycles. The average molecular weight is 224 g/mol. The normalized spacial score (nSPS) is 15.7. The molecule has 0 N–H and O–H groups in total. The van der Waals surface area contributed by atoms with E-state index in [0.717, 1.165) is 0 Å². The van der Waals surface area contributed by atoms with Crippen LogP contribution in [-0.4, -0.2) is 11.6 Å². The summed E-state index contributed by atoms with van der Waals surface area (Å²) in [6.45, 7) is 0. The van der Waals surface area contributed by atoms with Crippen molar-refractivity contribution in [2.75, 3.05) is 0 Å². The molecule has 0 aromatic heterocycles. The summed E-state index contributed by atoms with van der Waals surface area (Å²) in [5.41, 5.74) is 0. The van der Waals surface area contributed by atoms with Gasteiger partial charge in [-0.1, -0.05) is 24.3 Å². The molecule has 2 aliphatic carbocycles. The van der Waals surface area contributed by atoms with Gasteiger partial charge < -0.3 is 0 Å². The molecule has 2 rings (SSSR count). The van der Waals surface area contributed by atoms with Crippen LogP contribution in [0.15, 0.2) is 48.6 Å². The van der Waals surface area contributed by atoms with Gasteiger partial charge >= 0.3 is 17.1 Å². The Morgan fingerprint density at radius 2 is 0.846 bits per heavy atom. The third-order valence-electron chi connectivity index (χ3n) is 1.26. The maximum atomic E-state index is 10.1. The molecule has 0 amide bonds. The molecule has 0 spiro atoms. The summed E-state index contributed by atoms with van der Waals surface area (Å²) in [5.74, 6) is 0.185. The first kappa shape index (κ1) is 11.8. The van der Waals surface area contributed by atoms with E-state index < -0.39 is 0 Å². The van der Waals surface area contributed by atoms with Crippen molar-refractivity contribution in [3.63, 3.8) is 0 Å². The standard InChI is InChI=1S/2C5H4O.Cu/c2*6-5-3-1-2-4-5;/h2*1-4H;/q;;+2. The van der Waals surface area contributed by atoms with Crippen molar-refractivity contribution in [1.82, 2.24) is 0 Å². The van der Waals surface area contributed by atoms with Crippen LogP contribution in [0.3, 0.4) is 0 Å². The Morgan fingerprint density at radius 1 is 0.615 bits per heavy atom. The van der Waals surface area contributed by atoms with Crippen LogP contribution >= 0.6 is 0 Å². The van der Waals surface area contributed by atoms with E-state index in [0.29, 0.717) is 0 Å². The molecule has 2 nitrogen and oxygen atoms in total. The van der Waals surface area contributed by atoms with Crippen molar-refractivity contribution >= 4 is 11.6 Å². The van der Waals surface area contributed by atoms with Gasteiger partial charge in [0, 0.05) is 0 Å². The van der Waals surface area contributed by atoms with Crippen LogP contribution in [0.2, 0.25) is 0 Å². The van der Waals surface area contributed by atoms with Gasteiger partial charge in [-0.3, -0.25) is 9.59 Å². The zero-order valence-corrected chi connectivity index (χ0v) is 7.68. The SMILES string of the molecule is O=C1C=CC=C1.O=C1C=CC=C1.[Cu+2]. The Labute approximate surface area is 87.2 Å². The molecule has 2 aliphatic rings. The first-order chi connectivity index (χ1) is 5.79. The largest absolute Gasteiger partial charge is 2.00 e. The monoisotopic (exact) mass is 223 g/mol. The zero-order valence-electron chi connectivity index (χ0n) is 6.74. The number of ketones is 2. The van der Waals surface area contributed by atoms with Crippen LogP contribution in [0.4, 0.5) is 0 Å². The van der Waals surface area contributed by atoms with E-state index in [9.17, 15) is 9.59 Å². The van der Waals surface area contributed by atoms with Crippen molar-refractivity contribution in [2.24, 2.45) is 0 Å². The predicted molar refractivity (Wildman–Crippen MR) is 46.6 cm³/mol. The number of allylic oxidation sites excluding steroid dienone is 8. The Bertz CT molecular complexity index is 249. The first-order valence-corrected chi connectivity index (χ1v) is 3.56. The molecule has 0 unspecified atom stereocenters. The fourth-order valence-electron chi connectivity index (χ4n) is 0.713. The minimum absolute atomic E-state index is 0. The van der Waals surface area contributed by atoms with Gasteiger partial charge in [0.05, 0.1) is 0 Å². The maximum Gasteiger partial charge on any atom is 2.00 e. The predicted octanol–water partition coefficient (Wildman–Crippen LogP) is 1.36. The van der Waals surface area contributed by atoms with Gasteiger partial charge in [-0.15, -0.1) is 0 Å².